The number of nitrogens with one attached hydrogen (secondary N) is 1. The van der Waals surface area contributed by atoms with Gasteiger partial charge in [0.1, 0.15) is 5.82 Å². The number of aromatic nitrogens is 1. The number of nitrogens with two attached hydrogens (primary N) is 1. The van der Waals surface area contributed by atoms with E-state index in [1.807, 2.05) is 0 Å². The average Bonchev–Trinajstić information content (AvgIpc) is 2.42. The Morgan fingerprint density at radius 3 is 2.68 bits per heavy atom. The van der Waals surface area contributed by atoms with Crippen molar-refractivity contribution in [3.63, 3.8) is 0 Å². The van der Waals surface area contributed by atoms with Gasteiger partial charge in [0, 0.05) is 16.8 Å². The number of halogens is 1. The molecule has 1 unspecified atom stereocenters. The van der Waals surface area contributed by atoms with E-state index in [1.54, 1.807) is 18.0 Å². The maximum atomic E-state index is 13.1. The van der Waals surface area contributed by atoms with E-state index in [9.17, 15) is 4.39 Å². The molecule has 100 valence electrons. The smallest absolute Gasteiger partial charge is 0.141 e. The Labute approximate surface area is 116 Å². The molecule has 0 saturated heterocycles. The SMILES string of the molecule is Cc1ccc(SCC(NN)c2cncc(F)c2)cc1. The first-order valence-electron chi connectivity index (χ1n) is 5.95. The number of nitrogens with zero attached hydrogens (tertiary/aromatic N) is 1. The standard InChI is InChI=1S/C14H16FN3S/c1-10-2-4-13(5-3-10)19-9-14(18-16)11-6-12(15)8-17-7-11/h2-8,14,18H,9,16H2,1H3. The van der Waals surface area contributed by atoms with Crippen molar-refractivity contribution in [3.05, 3.63) is 59.7 Å². The van der Waals surface area contributed by atoms with E-state index < -0.39 is 0 Å². The van der Waals surface area contributed by atoms with Gasteiger partial charge in [-0.25, -0.2) is 4.39 Å². The van der Waals surface area contributed by atoms with Crippen LogP contribution in [-0.2, 0) is 0 Å². The molecule has 2 aromatic rings. The van der Waals surface area contributed by atoms with Crippen LogP contribution in [0.25, 0.3) is 0 Å². The van der Waals surface area contributed by atoms with E-state index >= 15 is 0 Å². The molecular formula is C14H16FN3S. The lowest BCUT2D eigenvalue weighted by Crippen LogP contribution is -2.29. The van der Waals surface area contributed by atoms with Crippen LogP contribution in [0, 0.1) is 12.7 Å². The fourth-order valence-corrected chi connectivity index (χ4v) is 2.65. The fourth-order valence-electron chi connectivity index (χ4n) is 1.67. The minimum atomic E-state index is -0.349. The summed E-state index contributed by atoms with van der Waals surface area (Å²) >= 11 is 1.67. The highest BCUT2D eigenvalue weighted by Crippen LogP contribution is 2.24. The molecule has 0 aliphatic rings. The third kappa shape index (κ3) is 4.02. The van der Waals surface area contributed by atoms with E-state index in [0.29, 0.717) is 5.75 Å². The number of hydrazine groups is 1. The summed E-state index contributed by atoms with van der Waals surface area (Å²) in [5, 5.41) is 0. The number of benzene rings is 1. The van der Waals surface area contributed by atoms with E-state index in [0.717, 1.165) is 10.5 Å². The maximum Gasteiger partial charge on any atom is 0.141 e. The Morgan fingerprint density at radius 1 is 1.32 bits per heavy atom. The van der Waals surface area contributed by atoms with E-state index in [4.69, 9.17) is 5.84 Å². The Bertz CT molecular complexity index is 530. The van der Waals surface area contributed by atoms with Crippen LogP contribution in [0.2, 0.25) is 0 Å². The summed E-state index contributed by atoms with van der Waals surface area (Å²) < 4.78 is 13.1. The third-order valence-corrected chi connectivity index (χ3v) is 3.87. The summed E-state index contributed by atoms with van der Waals surface area (Å²) in [5.41, 5.74) is 4.68. The first-order valence-corrected chi connectivity index (χ1v) is 6.93. The van der Waals surface area contributed by atoms with Crippen molar-refractivity contribution >= 4 is 11.8 Å². The molecule has 1 aromatic carbocycles. The fraction of sp³-hybridized carbons (Fsp3) is 0.214. The zero-order valence-corrected chi connectivity index (χ0v) is 11.5. The lowest BCUT2D eigenvalue weighted by atomic mass is 10.1. The second-order valence-corrected chi connectivity index (χ2v) is 5.37. The lowest BCUT2D eigenvalue weighted by Gasteiger charge is -2.15. The third-order valence-electron chi connectivity index (χ3n) is 2.77. The molecular weight excluding hydrogens is 261 g/mol. The molecule has 1 heterocycles. The Balaban J connectivity index is 2.01. The van der Waals surface area contributed by atoms with Crippen molar-refractivity contribution in [1.29, 1.82) is 0 Å². The molecule has 0 fully saturated rings. The van der Waals surface area contributed by atoms with Crippen LogP contribution in [0.5, 0.6) is 0 Å². The van der Waals surface area contributed by atoms with Crippen LogP contribution < -0.4 is 11.3 Å². The van der Waals surface area contributed by atoms with Crippen LogP contribution in [0.4, 0.5) is 4.39 Å². The van der Waals surface area contributed by atoms with Crippen LogP contribution >= 0.6 is 11.8 Å². The zero-order chi connectivity index (χ0) is 13.7. The van der Waals surface area contributed by atoms with Gasteiger partial charge in [0.15, 0.2) is 0 Å². The molecule has 0 amide bonds. The Kier molecular flexibility index (Phi) is 4.90. The Morgan fingerprint density at radius 2 is 2.05 bits per heavy atom. The molecule has 0 spiro atoms. The van der Waals surface area contributed by atoms with Crippen molar-refractivity contribution in [3.8, 4) is 0 Å². The molecule has 19 heavy (non-hydrogen) atoms. The van der Waals surface area contributed by atoms with Gasteiger partial charge >= 0.3 is 0 Å². The van der Waals surface area contributed by atoms with Gasteiger partial charge in [-0.2, -0.15) is 0 Å². The number of rotatable bonds is 5. The number of aryl methyl sites for hydroxylation is 1. The van der Waals surface area contributed by atoms with Crippen LogP contribution in [0.1, 0.15) is 17.2 Å². The highest BCUT2D eigenvalue weighted by molar-refractivity contribution is 7.99. The predicted octanol–water partition coefficient (Wildman–Crippen LogP) is 2.83. The van der Waals surface area contributed by atoms with Crippen molar-refractivity contribution in [2.45, 2.75) is 17.9 Å². The number of pyridine rings is 1. The highest BCUT2D eigenvalue weighted by atomic mass is 32.2. The van der Waals surface area contributed by atoms with Gasteiger partial charge in [-0.15, -0.1) is 11.8 Å². The normalized spacial score (nSPS) is 12.4. The van der Waals surface area contributed by atoms with Crippen LogP contribution in [0.3, 0.4) is 0 Å². The van der Waals surface area contributed by atoms with Gasteiger partial charge in [0.05, 0.1) is 12.2 Å². The van der Waals surface area contributed by atoms with Crippen molar-refractivity contribution < 1.29 is 4.39 Å². The molecule has 1 aromatic heterocycles. The molecule has 2 rings (SSSR count). The van der Waals surface area contributed by atoms with Gasteiger partial charge in [0.25, 0.3) is 0 Å². The van der Waals surface area contributed by atoms with Crippen LogP contribution in [0.15, 0.2) is 47.6 Å². The molecule has 3 nitrogen and oxygen atoms in total. The molecule has 0 radical (unpaired) electrons. The topological polar surface area (TPSA) is 50.9 Å². The molecule has 1 atom stereocenters. The lowest BCUT2D eigenvalue weighted by molar-refractivity contribution is 0.585. The van der Waals surface area contributed by atoms with Crippen LogP contribution in [-0.4, -0.2) is 10.7 Å². The van der Waals surface area contributed by atoms with Crippen molar-refractivity contribution in [1.82, 2.24) is 10.4 Å². The monoisotopic (exact) mass is 277 g/mol. The number of thioether (sulfide) groups is 1. The summed E-state index contributed by atoms with van der Waals surface area (Å²) in [4.78, 5) is 5.00. The van der Waals surface area contributed by atoms with Gasteiger partial charge in [-0.05, 0) is 30.7 Å². The Hall–Kier alpha value is -1.43. The largest absolute Gasteiger partial charge is 0.271 e. The van der Waals surface area contributed by atoms with Crippen molar-refractivity contribution in [2.24, 2.45) is 5.84 Å². The molecule has 0 saturated carbocycles. The summed E-state index contributed by atoms with van der Waals surface area (Å²) in [7, 11) is 0. The second-order valence-electron chi connectivity index (χ2n) is 4.28. The predicted molar refractivity (Wildman–Crippen MR) is 76.2 cm³/mol. The molecule has 0 aliphatic heterocycles. The molecule has 5 heteroatoms. The molecule has 0 aliphatic carbocycles. The summed E-state index contributed by atoms with van der Waals surface area (Å²) in [6, 6.07) is 9.59. The molecule has 3 N–H and O–H groups in total. The zero-order valence-electron chi connectivity index (χ0n) is 10.6. The molecule has 0 bridgehead atoms. The highest BCUT2D eigenvalue weighted by Gasteiger charge is 2.11. The average molecular weight is 277 g/mol. The van der Waals surface area contributed by atoms with E-state index in [1.165, 1.54) is 17.8 Å². The first-order chi connectivity index (χ1) is 9.19. The summed E-state index contributed by atoms with van der Waals surface area (Å²) in [6.45, 7) is 2.05. The van der Waals surface area contributed by atoms with Gasteiger partial charge in [-0.1, -0.05) is 17.7 Å². The van der Waals surface area contributed by atoms with E-state index in [2.05, 4.69) is 41.6 Å². The summed E-state index contributed by atoms with van der Waals surface area (Å²) in [6.07, 6.45) is 2.81. The maximum absolute atomic E-state index is 13.1. The van der Waals surface area contributed by atoms with Gasteiger partial charge in [0.2, 0.25) is 0 Å². The van der Waals surface area contributed by atoms with E-state index in [-0.39, 0.29) is 11.9 Å². The van der Waals surface area contributed by atoms with Gasteiger partial charge in [-0.3, -0.25) is 16.3 Å². The second kappa shape index (κ2) is 6.65. The quantitative estimate of drug-likeness (QED) is 0.501. The minimum absolute atomic E-state index is 0.130. The first kappa shape index (κ1) is 14.0. The number of hydrogen-bond acceptors (Lipinski definition) is 4. The minimum Gasteiger partial charge on any atom is -0.271 e. The van der Waals surface area contributed by atoms with Crippen molar-refractivity contribution in [2.75, 3.05) is 5.75 Å². The summed E-state index contributed by atoms with van der Waals surface area (Å²) in [5.74, 6) is 5.89. The number of hydrogen-bond donors (Lipinski definition) is 2. The van der Waals surface area contributed by atoms with Gasteiger partial charge < -0.3 is 0 Å².